The van der Waals surface area contributed by atoms with Crippen molar-refractivity contribution in [2.75, 3.05) is 19.7 Å². The molecule has 1 unspecified atom stereocenters. The van der Waals surface area contributed by atoms with E-state index in [1.165, 1.54) is 25.9 Å². The van der Waals surface area contributed by atoms with E-state index >= 15 is 0 Å². The van der Waals surface area contributed by atoms with Gasteiger partial charge in [-0.05, 0) is 55.5 Å². The van der Waals surface area contributed by atoms with Gasteiger partial charge in [-0.25, -0.2) is 0 Å². The van der Waals surface area contributed by atoms with E-state index in [1.807, 2.05) is 0 Å². The minimum Gasteiger partial charge on any atom is -0.396 e. The molecule has 0 spiro atoms. The Bertz CT molecular complexity index is 176. The van der Waals surface area contributed by atoms with Gasteiger partial charge in [0.1, 0.15) is 0 Å². The van der Waals surface area contributed by atoms with E-state index in [9.17, 15) is 0 Å². The highest BCUT2D eigenvalue weighted by Gasteiger charge is 2.55. The van der Waals surface area contributed by atoms with E-state index in [-0.39, 0.29) is 0 Å². The first-order valence-electron chi connectivity index (χ1n) is 5.21. The highest BCUT2D eigenvalue weighted by atomic mass is 16.3. The Labute approximate surface area is 73.4 Å². The Hall–Kier alpha value is -0.0800. The van der Waals surface area contributed by atoms with E-state index in [4.69, 9.17) is 5.11 Å². The first kappa shape index (κ1) is 7.34. The van der Waals surface area contributed by atoms with Gasteiger partial charge in [0.15, 0.2) is 0 Å². The molecular weight excluding hydrogens is 150 g/mol. The van der Waals surface area contributed by atoms with Crippen LogP contribution in [-0.2, 0) is 0 Å². The van der Waals surface area contributed by atoms with Crippen molar-refractivity contribution in [1.82, 2.24) is 5.32 Å². The molecule has 2 saturated carbocycles. The highest BCUT2D eigenvalue weighted by molar-refractivity contribution is 5.06. The SMILES string of the molecule is OCC1C[C@@H]2[C@H]3CNC[C@H]3[C@@H]2C1. The Morgan fingerprint density at radius 3 is 2.08 bits per heavy atom. The zero-order valence-electron chi connectivity index (χ0n) is 7.37. The molecule has 1 saturated heterocycles. The molecule has 0 bridgehead atoms. The minimum atomic E-state index is 0.430. The third-order valence-corrected chi connectivity index (χ3v) is 4.43. The summed E-state index contributed by atoms with van der Waals surface area (Å²) in [7, 11) is 0. The molecule has 2 nitrogen and oxygen atoms in total. The fourth-order valence-electron chi connectivity index (χ4n) is 3.86. The van der Waals surface area contributed by atoms with Crippen LogP contribution in [0.1, 0.15) is 12.8 Å². The molecular formula is C10H17NO. The second-order valence-electron chi connectivity index (χ2n) is 4.83. The Morgan fingerprint density at radius 2 is 1.58 bits per heavy atom. The third kappa shape index (κ3) is 0.775. The largest absolute Gasteiger partial charge is 0.396 e. The number of fused-ring (bicyclic) bond motifs is 4. The van der Waals surface area contributed by atoms with Gasteiger partial charge in [0, 0.05) is 6.61 Å². The van der Waals surface area contributed by atoms with Gasteiger partial charge in [-0.3, -0.25) is 0 Å². The van der Waals surface area contributed by atoms with Crippen molar-refractivity contribution < 1.29 is 5.11 Å². The molecule has 2 aliphatic carbocycles. The van der Waals surface area contributed by atoms with Gasteiger partial charge in [-0.1, -0.05) is 0 Å². The predicted octanol–water partition coefficient (Wildman–Crippen LogP) is 0.470. The molecule has 0 radical (unpaired) electrons. The van der Waals surface area contributed by atoms with Crippen LogP contribution in [0.15, 0.2) is 0 Å². The number of nitrogens with one attached hydrogen (secondary N) is 1. The van der Waals surface area contributed by atoms with Gasteiger partial charge >= 0.3 is 0 Å². The number of aliphatic hydroxyl groups is 1. The zero-order valence-corrected chi connectivity index (χ0v) is 7.37. The van der Waals surface area contributed by atoms with Gasteiger partial charge in [0.2, 0.25) is 0 Å². The van der Waals surface area contributed by atoms with Gasteiger partial charge < -0.3 is 10.4 Å². The van der Waals surface area contributed by atoms with Crippen LogP contribution in [0.4, 0.5) is 0 Å². The lowest BCUT2D eigenvalue weighted by Gasteiger charge is -2.44. The van der Waals surface area contributed by atoms with Gasteiger partial charge in [0.05, 0.1) is 0 Å². The van der Waals surface area contributed by atoms with Gasteiger partial charge in [-0.15, -0.1) is 0 Å². The lowest BCUT2D eigenvalue weighted by atomic mass is 9.60. The molecule has 0 aromatic carbocycles. The van der Waals surface area contributed by atoms with Crippen LogP contribution in [0.3, 0.4) is 0 Å². The minimum absolute atomic E-state index is 0.430. The van der Waals surface area contributed by atoms with Crippen LogP contribution in [0.5, 0.6) is 0 Å². The highest BCUT2D eigenvalue weighted by Crippen LogP contribution is 2.58. The molecule has 1 aliphatic heterocycles. The average Bonchev–Trinajstić information content (AvgIpc) is 2.60. The van der Waals surface area contributed by atoms with E-state index in [0.29, 0.717) is 12.5 Å². The first-order chi connectivity index (χ1) is 5.90. The van der Waals surface area contributed by atoms with Crippen LogP contribution in [0, 0.1) is 29.6 Å². The van der Waals surface area contributed by atoms with Crippen molar-refractivity contribution in [2.45, 2.75) is 12.8 Å². The van der Waals surface area contributed by atoms with Crippen LogP contribution in [0.2, 0.25) is 0 Å². The lowest BCUT2D eigenvalue weighted by Crippen LogP contribution is -2.42. The Kier molecular flexibility index (Phi) is 1.50. The maximum atomic E-state index is 9.08. The smallest absolute Gasteiger partial charge is 0.0459 e. The molecule has 0 aromatic heterocycles. The van der Waals surface area contributed by atoms with Gasteiger partial charge in [-0.2, -0.15) is 0 Å². The zero-order chi connectivity index (χ0) is 8.13. The molecule has 12 heavy (non-hydrogen) atoms. The second kappa shape index (κ2) is 2.46. The predicted molar refractivity (Wildman–Crippen MR) is 46.6 cm³/mol. The normalized spacial score (nSPS) is 56.2. The number of hydrogen-bond acceptors (Lipinski definition) is 2. The molecule has 0 aromatic rings. The summed E-state index contributed by atoms with van der Waals surface area (Å²) in [6.07, 6.45) is 2.62. The average molecular weight is 167 g/mol. The van der Waals surface area contributed by atoms with Crippen molar-refractivity contribution in [3.63, 3.8) is 0 Å². The van der Waals surface area contributed by atoms with Crippen molar-refractivity contribution >= 4 is 0 Å². The molecule has 5 atom stereocenters. The molecule has 3 rings (SSSR count). The molecule has 0 amide bonds. The lowest BCUT2D eigenvalue weighted by molar-refractivity contribution is 0.0462. The van der Waals surface area contributed by atoms with E-state index in [1.54, 1.807) is 0 Å². The Morgan fingerprint density at radius 1 is 1.00 bits per heavy atom. The standard InChI is InChI=1S/C10H17NO/c12-5-6-1-7-8(2-6)10-4-11-3-9(7)10/h6-12H,1-5H2/t6?,7-,8+,9+,10-. The third-order valence-electron chi connectivity index (χ3n) is 4.43. The number of aliphatic hydroxyl groups excluding tert-OH is 1. The summed E-state index contributed by atoms with van der Waals surface area (Å²) in [4.78, 5) is 0. The molecule has 2 N–H and O–H groups in total. The van der Waals surface area contributed by atoms with Crippen LogP contribution < -0.4 is 5.32 Å². The molecule has 3 fully saturated rings. The second-order valence-corrected chi connectivity index (χ2v) is 4.83. The summed E-state index contributed by atoms with van der Waals surface area (Å²) in [5.41, 5.74) is 0. The van der Waals surface area contributed by atoms with E-state index in [0.717, 1.165) is 23.7 Å². The van der Waals surface area contributed by atoms with Crippen LogP contribution in [0.25, 0.3) is 0 Å². The fourth-order valence-corrected chi connectivity index (χ4v) is 3.86. The van der Waals surface area contributed by atoms with Crippen molar-refractivity contribution in [2.24, 2.45) is 29.6 Å². The summed E-state index contributed by atoms with van der Waals surface area (Å²) in [6, 6.07) is 0. The Balaban J connectivity index is 1.72. The summed E-state index contributed by atoms with van der Waals surface area (Å²) < 4.78 is 0. The monoisotopic (exact) mass is 167 g/mol. The molecule has 2 heteroatoms. The molecule has 3 aliphatic rings. The summed E-state index contributed by atoms with van der Waals surface area (Å²) in [5.74, 6) is 4.55. The van der Waals surface area contributed by atoms with Crippen molar-refractivity contribution in [1.29, 1.82) is 0 Å². The van der Waals surface area contributed by atoms with Crippen molar-refractivity contribution in [3.05, 3.63) is 0 Å². The summed E-state index contributed by atoms with van der Waals surface area (Å²) in [5, 5.41) is 12.6. The van der Waals surface area contributed by atoms with Crippen LogP contribution in [-0.4, -0.2) is 24.8 Å². The number of hydrogen-bond donors (Lipinski definition) is 2. The van der Waals surface area contributed by atoms with E-state index in [2.05, 4.69) is 5.32 Å². The van der Waals surface area contributed by atoms with Gasteiger partial charge in [0.25, 0.3) is 0 Å². The van der Waals surface area contributed by atoms with Crippen LogP contribution >= 0.6 is 0 Å². The fraction of sp³-hybridized carbons (Fsp3) is 1.00. The topological polar surface area (TPSA) is 32.3 Å². The summed E-state index contributed by atoms with van der Waals surface area (Å²) in [6.45, 7) is 2.94. The van der Waals surface area contributed by atoms with E-state index < -0.39 is 0 Å². The van der Waals surface area contributed by atoms with Crippen molar-refractivity contribution in [3.8, 4) is 0 Å². The molecule has 68 valence electrons. The number of rotatable bonds is 1. The summed E-state index contributed by atoms with van der Waals surface area (Å²) >= 11 is 0. The quantitative estimate of drug-likeness (QED) is 0.595. The maximum absolute atomic E-state index is 9.08. The first-order valence-corrected chi connectivity index (χ1v) is 5.21. The molecule has 1 heterocycles. The maximum Gasteiger partial charge on any atom is 0.0459 e.